The summed E-state index contributed by atoms with van der Waals surface area (Å²) in [7, 11) is 3.55. The van der Waals surface area contributed by atoms with Crippen molar-refractivity contribution < 1.29 is 14.6 Å². The van der Waals surface area contributed by atoms with Gasteiger partial charge < -0.3 is 20.1 Å². The number of carbonyl (C=O) groups is 1. The van der Waals surface area contributed by atoms with Crippen LogP contribution in [0, 0.1) is 0 Å². The van der Waals surface area contributed by atoms with Gasteiger partial charge in [-0.15, -0.1) is 0 Å². The SMILES string of the molecule is COc1ccccc1CCC(=O)Nc1ccc(N(C)CCO)cc1. The van der Waals surface area contributed by atoms with Gasteiger partial charge in [0.25, 0.3) is 0 Å². The van der Waals surface area contributed by atoms with Crippen LogP contribution in [0.3, 0.4) is 0 Å². The lowest BCUT2D eigenvalue weighted by atomic mass is 10.1. The number of para-hydroxylation sites is 1. The number of aliphatic hydroxyl groups is 1. The van der Waals surface area contributed by atoms with Gasteiger partial charge in [-0.3, -0.25) is 4.79 Å². The molecule has 1 amide bonds. The van der Waals surface area contributed by atoms with Gasteiger partial charge in [0.2, 0.25) is 5.91 Å². The molecule has 2 N–H and O–H groups in total. The Hall–Kier alpha value is -2.53. The number of ether oxygens (including phenoxy) is 1. The van der Waals surface area contributed by atoms with Gasteiger partial charge in [0.15, 0.2) is 0 Å². The number of methoxy groups -OCH3 is 1. The Kier molecular flexibility index (Phi) is 6.63. The van der Waals surface area contributed by atoms with Crippen LogP contribution in [-0.4, -0.2) is 38.3 Å². The molecule has 5 nitrogen and oxygen atoms in total. The Bertz CT molecular complexity index is 656. The van der Waals surface area contributed by atoms with E-state index in [-0.39, 0.29) is 12.5 Å². The number of aryl methyl sites for hydroxylation is 1. The van der Waals surface area contributed by atoms with Crippen LogP contribution in [0.25, 0.3) is 0 Å². The van der Waals surface area contributed by atoms with Crippen LogP contribution in [-0.2, 0) is 11.2 Å². The zero-order chi connectivity index (χ0) is 17.4. The standard InChI is InChI=1S/C19H24N2O3/c1-21(13-14-22)17-10-8-16(9-11-17)20-19(23)12-7-15-5-3-4-6-18(15)24-2/h3-6,8-11,22H,7,12-14H2,1-2H3,(H,20,23). The van der Waals surface area contributed by atoms with Gasteiger partial charge in [0.05, 0.1) is 13.7 Å². The summed E-state index contributed by atoms with van der Waals surface area (Å²) in [5.41, 5.74) is 2.79. The van der Waals surface area contributed by atoms with Gasteiger partial charge in [-0.25, -0.2) is 0 Å². The van der Waals surface area contributed by atoms with Crippen LogP contribution >= 0.6 is 0 Å². The quantitative estimate of drug-likeness (QED) is 0.782. The number of likely N-dealkylation sites (N-methyl/N-ethyl adjacent to an activating group) is 1. The molecular formula is C19H24N2O3. The second-order valence-electron chi connectivity index (χ2n) is 5.55. The second kappa shape index (κ2) is 8.93. The minimum atomic E-state index is -0.0302. The molecule has 0 aliphatic heterocycles. The molecule has 0 saturated carbocycles. The van der Waals surface area contributed by atoms with Crippen molar-refractivity contribution in [2.24, 2.45) is 0 Å². The number of hydrogen-bond donors (Lipinski definition) is 2. The molecule has 128 valence electrons. The molecule has 0 fully saturated rings. The number of carbonyl (C=O) groups excluding carboxylic acids is 1. The molecule has 0 heterocycles. The van der Waals surface area contributed by atoms with Crippen molar-refractivity contribution in [1.82, 2.24) is 0 Å². The summed E-state index contributed by atoms with van der Waals surface area (Å²) in [6, 6.07) is 15.3. The first-order chi connectivity index (χ1) is 11.6. The van der Waals surface area contributed by atoms with Gasteiger partial charge in [-0.1, -0.05) is 18.2 Å². The number of hydrogen-bond acceptors (Lipinski definition) is 4. The van der Waals surface area contributed by atoms with Crippen molar-refractivity contribution in [2.45, 2.75) is 12.8 Å². The van der Waals surface area contributed by atoms with E-state index in [0.717, 1.165) is 22.7 Å². The van der Waals surface area contributed by atoms with Crippen molar-refractivity contribution in [3.63, 3.8) is 0 Å². The van der Waals surface area contributed by atoms with Crippen LogP contribution < -0.4 is 15.0 Å². The maximum absolute atomic E-state index is 12.1. The molecule has 2 aromatic carbocycles. The summed E-state index contributed by atoms with van der Waals surface area (Å²) >= 11 is 0. The average Bonchev–Trinajstić information content (AvgIpc) is 2.61. The molecule has 0 saturated heterocycles. The summed E-state index contributed by atoms with van der Waals surface area (Å²) in [5.74, 6) is 0.777. The molecule has 24 heavy (non-hydrogen) atoms. The van der Waals surface area contributed by atoms with E-state index in [1.165, 1.54) is 0 Å². The Balaban J connectivity index is 1.88. The van der Waals surface area contributed by atoms with Crippen molar-refractivity contribution in [3.05, 3.63) is 54.1 Å². The van der Waals surface area contributed by atoms with Crippen molar-refractivity contribution in [1.29, 1.82) is 0 Å². The fourth-order valence-electron chi connectivity index (χ4n) is 2.46. The number of benzene rings is 2. The largest absolute Gasteiger partial charge is 0.496 e. The molecule has 5 heteroatoms. The van der Waals surface area contributed by atoms with Gasteiger partial charge in [0, 0.05) is 31.4 Å². The molecule has 0 aliphatic carbocycles. The van der Waals surface area contributed by atoms with E-state index in [2.05, 4.69) is 5.32 Å². The molecule has 0 aliphatic rings. The molecule has 0 bridgehead atoms. The van der Waals surface area contributed by atoms with Crippen molar-refractivity contribution in [2.75, 3.05) is 37.5 Å². The highest BCUT2D eigenvalue weighted by atomic mass is 16.5. The van der Waals surface area contributed by atoms with Crippen LogP contribution in [0.4, 0.5) is 11.4 Å². The molecule has 2 aromatic rings. The summed E-state index contributed by atoms with van der Waals surface area (Å²) in [4.78, 5) is 14.1. The number of aliphatic hydroxyl groups excluding tert-OH is 1. The minimum absolute atomic E-state index is 0.0302. The van der Waals surface area contributed by atoms with Crippen molar-refractivity contribution in [3.8, 4) is 5.75 Å². The van der Waals surface area contributed by atoms with E-state index < -0.39 is 0 Å². The highest BCUT2D eigenvalue weighted by molar-refractivity contribution is 5.91. The molecule has 0 atom stereocenters. The highest BCUT2D eigenvalue weighted by Gasteiger charge is 2.07. The number of nitrogens with one attached hydrogen (secondary N) is 1. The lowest BCUT2D eigenvalue weighted by Gasteiger charge is -2.18. The Morgan fingerprint density at radius 3 is 2.54 bits per heavy atom. The topological polar surface area (TPSA) is 61.8 Å². The van der Waals surface area contributed by atoms with Crippen LogP contribution in [0.2, 0.25) is 0 Å². The Morgan fingerprint density at radius 1 is 1.17 bits per heavy atom. The third-order valence-corrected chi connectivity index (χ3v) is 3.84. The molecule has 2 rings (SSSR count). The fraction of sp³-hybridized carbons (Fsp3) is 0.316. The number of rotatable bonds is 8. The van der Waals surface area contributed by atoms with Gasteiger partial charge in [-0.2, -0.15) is 0 Å². The fourth-order valence-corrected chi connectivity index (χ4v) is 2.46. The first kappa shape index (κ1) is 17.8. The summed E-state index contributed by atoms with van der Waals surface area (Å²) in [5, 5.41) is 11.9. The minimum Gasteiger partial charge on any atom is -0.496 e. The van der Waals surface area contributed by atoms with Gasteiger partial charge >= 0.3 is 0 Å². The number of anilines is 2. The molecule has 0 spiro atoms. The predicted octanol–water partition coefficient (Wildman–Crippen LogP) is 2.70. The van der Waals surface area contributed by atoms with Crippen LogP contribution in [0.5, 0.6) is 5.75 Å². The van der Waals surface area contributed by atoms with E-state index >= 15 is 0 Å². The molecule has 0 radical (unpaired) electrons. The smallest absolute Gasteiger partial charge is 0.224 e. The summed E-state index contributed by atoms with van der Waals surface area (Å²) in [6.07, 6.45) is 1.03. The van der Waals surface area contributed by atoms with Crippen LogP contribution in [0.15, 0.2) is 48.5 Å². The zero-order valence-electron chi connectivity index (χ0n) is 14.2. The first-order valence-electron chi connectivity index (χ1n) is 7.98. The van der Waals surface area contributed by atoms with Gasteiger partial charge in [0.1, 0.15) is 5.75 Å². The third-order valence-electron chi connectivity index (χ3n) is 3.84. The van der Waals surface area contributed by atoms with Gasteiger partial charge in [-0.05, 0) is 42.3 Å². The molecular weight excluding hydrogens is 304 g/mol. The molecule has 0 aromatic heterocycles. The lowest BCUT2D eigenvalue weighted by Crippen LogP contribution is -2.21. The first-order valence-corrected chi connectivity index (χ1v) is 7.98. The Morgan fingerprint density at radius 2 is 1.88 bits per heavy atom. The maximum atomic E-state index is 12.1. The van der Waals surface area contributed by atoms with E-state index in [0.29, 0.717) is 19.4 Å². The summed E-state index contributed by atoms with van der Waals surface area (Å²) < 4.78 is 5.30. The van der Waals surface area contributed by atoms with Crippen molar-refractivity contribution >= 4 is 17.3 Å². The Labute approximate surface area is 142 Å². The van der Waals surface area contributed by atoms with E-state index in [1.807, 2.05) is 60.5 Å². The normalized spacial score (nSPS) is 10.3. The van der Waals surface area contributed by atoms with E-state index in [4.69, 9.17) is 9.84 Å². The maximum Gasteiger partial charge on any atom is 0.224 e. The summed E-state index contributed by atoms with van der Waals surface area (Å²) in [6.45, 7) is 0.683. The highest BCUT2D eigenvalue weighted by Crippen LogP contribution is 2.20. The van der Waals surface area contributed by atoms with E-state index in [9.17, 15) is 4.79 Å². The third kappa shape index (κ3) is 4.99. The van der Waals surface area contributed by atoms with Crippen LogP contribution in [0.1, 0.15) is 12.0 Å². The molecule has 0 unspecified atom stereocenters. The number of amides is 1. The monoisotopic (exact) mass is 328 g/mol. The zero-order valence-corrected chi connectivity index (χ0v) is 14.2. The predicted molar refractivity (Wildman–Crippen MR) is 96.7 cm³/mol. The average molecular weight is 328 g/mol. The number of nitrogens with zero attached hydrogens (tertiary/aromatic N) is 1. The van der Waals surface area contributed by atoms with E-state index in [1.54, 1.807) is 7.11 Å². The lowest BCUT2D eigenvalue weighted by molar-refractivity contribution is -0.116. The second-order valence-corrected chi connectivity index (χ2v) is 5.55.